The van der Waals surface area contributed by atoms with Crippen LogP contribution in [0.1, 0.15) is 22.8 Å². The maximum atomic E-state index is 10.5. The number of aliphatic hydroxyl groups excluding tert-OH is 1. The fraction of sp³-hybridized carbons (Fsp3) is 0.267. The third-order valence-corrected chi connectivity index (χ3v) is 3.10. The number of anilines is 1. The van der Waals surface area contributed by atoms with Crippen molar-refractivity contribution in [2.75, 3.05) is 20.0 Å². The molecule has 0 bridgehead atoms. The number of nitrogens with two attached hydrogens (primary N) is 1. The Labute approximate surface area is 118 Å². The van der Waals surface area contributed by atoms with Crippen molar-refractivity contribution in [3.63, 3.8) is 0 Å². The molecule has 0 aliphatic carbocycles. The molecule has 1 heterocycles. The molecule has 0 amide bonds. The van der Waals surface area contributed by atoms with Crippen molar-refractivity contribution in [3.8, 4) is 11.5 Å². The Kier molecular flexibility index (Phi) is 4.10. The molecule has 0 spiro atoms. The van der Waals surface area contributed by atoms with E-state index in [0.29, 0.717) is 28.4 Å². The van der Waals surface area contributed by atoms with Gasteiger partial charge in [-0.15, -0.1) is 0 Å². The van der Waals surface area contributed by atoms with E-state index >= 15 is 0 Å². The molecule has 5 heteroatoms. The van der Waals surface area contributed by atoms with Gasteiger partial charge in [-0.05, 0) is 36.2 Å². The highest BCUT2D eigenvalue weighted by Gasteiger charge is 2.16. The van der Waals surface area contributed by atoms with Gasteiger partial charge in [0.2, 0.25) is 0 Å². The fourth-order valence-corrected chi connectivity index (χ4v) is 2.02. The number of aryl methyl sites for hydroxylation is 1. The van der Waals surface area contributed by atoms with E-state index in [9.17, 15) is 5.11 Å². The average Bonchev–Trinajstić information content (AvgIpc) is 2.48. The van der Waals surface area contributed by atoms with Gasteiger partial charge in [-0.1, -0.05) is 6.07 Å². The van der Waals surface area contributed by atoms with Crippen molar-refractivity contribution in [2.45, 2.75) is 13.0 Å². The second kappa shape index (κ2) is 5.79. The summed E-state index contributed by atoms with van der Waals surface area (Å²) in [6.07, 6.45) is 0.808. The van der Waals surface area contributed by atoms with Crippen molar-refractivity contribution in [3.05, 3.63) is 47.2 Å². The Balaban J connectivity index is 2.42. The summed E-state index contributed by atoms with van der Waals surface area (Å²) in [5.41, 5.74) is 8.01. The van der Waals surface area contributed by atoms with E-state index in [1.807, 2.05) is 13.0 Å². The molecule has 3 N–H and O–H groups in total. The number of hydrogen-bond donors (Lipinski definition) is 2. The smallest absolute Gasteiger partial charge is 0.161 e. The Hall–Kier alpha value is -2.27. The van der Waals surface area contributed by atoms with Gasteiger partial charge < -0.3 is 20.3 Å². The quantitative estimate of drug-likeness (QED) is 0.892. The van der Waals surface area contributed by atoms with Crippen LogP contribution in [0.3, 0.4) is 0 Å². The van der Waals surface area contributed by atoms with Gasteiger partial charge >= 0.3 is 0 Å². The molecule has 0 fully saturated rings. The molecule has 1 atom stereocenters. The molecule has 0 radical (unpaired) electrons. The number of benzene rings is 1. The summed E-state index contributed by atoms with van der Waals surface area (Å²) in [7, 11) is 3.12. The van der Waals surface area contributed by atoms with E-state index in [1.54, 1.807) is 38.6 Å². The van der Waals surface area contributed by atoms with Gasteiger partial charge in [-0.3, -0.25) is 0 Å². The number of pyridine rings is 1. The number of nitrogen functional groups attached to an aromatic ring is 1. The highest BCUT2D eigenvalue weighted by molar-refractivity contribution is 5.49. The van der Waals surface area contributed by atoms with Crippen LogP contribution in [0, 0.1) is 6.92 Å². The van der Waals surface area contributed by atoms with E-state index in [-0.39, 0.29) is 0 Å². The summed E-state index contributed by atoms with van der Waals surface area (Å²) >= 11 is 0. The third-order valence-electron chi connectivity index (χ3n) is 3.10. The van der Waals surface area contributed by atoms with Gasteiger partial charge in [0.1, 0.15) is 11.9 Å². The largest absolute Gasteiger partial charge is 0.493 e. The summed E-state index contributed by atoms with van der Waals surface area (Å²) in [5.74, 6) is 1.49. The molecule has 0 aliphatic rings. The van der Waals surface area contributed by atoms with Crippen LogP contribution in [-0.4, -0.2) is 24.3 Å². The minimum atomic E-state index is -0.859. The molecule has 106 valence electrons. The molecule has 1 unspecified atom stereocenters. The summed E-state index contributed by atoms with van der Waals surface area (Å²) in [6, 6.07) is 7.07. The van der Waals surface area contributed by atoms with Gasteiger partial charge in [-0.25, -0.2) is 4.98 Å². The Morgan fingerprint density at radius 3 is 2.50 bits per heavy atom. The topological polar surface area (TPSA) is 77.6 Å². The average molecular weight is 274 g/mol. The van der Waals surface area contributed by atoms with Crippen molar-refractivity contribution >= 4 is 5.82 Å². The van der Waals surface area contributed by atoms with E-state index < -0.39 is 6.10 Å². The van der Waals surface area contributed by atoms with Crippen molar-refractivity contribution in [1.82, 2.24) is 4.98 Å². The lowest BCUT2D eigenvalue weighted by Gasteiger charge is -2.16. The van der Waals surface area contributed by atoms with Crippen LogP contribution in [0.5, 0.6) is 11.5 Å². The molecule has 2 aromatic rings. The van der Waals surface area contributed by atoms with Crippen LogP contribution in [-0.2, 0) is 0 Å². The first-order valence-corrected chi connectivity index (χ1v) is 6.18. The number of rotatable bonds is 4. The van der Waals surface area contributed by atoms with Crippen LogP contribution < -0.4 is 15.2 Å². The van der Waals surface area contributed by atoms with Crippen LogP contribution in [0.15, 0.2) is 30.5 Å². The lowest BCUT2D eigenvalue weighted by atomic mass is 10.0. The van der Waals surface area contributed by atoms with E-state index in [1.165, 1.54) is 0 Å². The predicted molar refractivity (Wildman–Crippen MR) is 77.0 cm³/mol. The van der Waals surface area contributed by atoms with Gasteiger partial charge in [0.25, 0.3) is 0 Å². The highest BCUT2D eigenvalue weighted by atomic mass is 16.5. The Morgan fingerprint density at radius 2 is 1.85 bits per heavy atom. The summed E-state index contributed by atoms with van der Waals surface area (Å²) in [5, 5.41) is 10.5. The maximum Gasteiger partial charge on any atom is 0.161 e. The molecule has 0 saturated heterocycles. The number of ether oxygens (including phenoxy) is 2. The number of methoxy groups -OCH3 is 2. The zero-order chi connectivity index (χ0) is 14.7. The van der Waals surface area contributed by atoms with Crippen LogP contribution in [0.25, 0.3) is 0 Å². The first-order valence-electron chi connectivity index (χ1n) is 6.18. The standard InChI is InChI=1S/C15H18N2O3/c1-9-6-11(15(16)17-8-9)14(18)10-4-5-12(19-2)13(7-10)20-3/h4-8,14,18H,1-3H3,(H2,16,17). The van der Waals surface area contributed by atoms with E-state index in [0.717, 1.165) is 5.56 Å². The monoisotopic (exact) mass is 274 g/mol. The zero-order valence-corrected chi connectivity index (χ0v) is 11.8. The minimum Gasteiger partial charge on any atom is -0.493 e. The second-order valence-electron chi connectivity index (χ2n) is 4.50. The van der Waals surface area contributed by atoms with Gasteiger partial charge in [0.05, 0.1) is 14.2 Å². The lowest BCUT2D eigenvalue weighted by molar-refractivity contribution is 0.220. The molecule has 5 nitrogen and oxygen atoms in total. The normalized spacial score (nSPS) is 12.0. The number of nitrogens with zero attached hydrogens (tertiary/aromatic N) is 1. The second-order valence-corrected chi connectivity index (χ2v) is 4.50. The highest BCUT2D eigenvalue weighted by Crippen LogP contribution is 2.33. The van der Waals surface area contributed by atoms with Crippen LogP contribution in [0.4, 0.5) is 5.82 Å². The maximum absolute atomic E-state index is 10.5. The molecular formula is C15H18N2O3. The molecule has 1 aromatic carbocycles. The molecule has 0 saturated carbocycles. The third kappa shape index (κ3) is 2.67. The number of aromatic nitrogens is 1. The van der Waals surface area contributed by atoms with E-state index in [2.05, 4.69) is 4.98 Å². The number of hydrogen-bond acceptors (Lipinski definition) is 5. The van der Waals surface area contributed by atoms with Crippen molar-refractivity contribution in [2.24, 2.45) is 0 Å². The summed E-state index contributed by atoms with van der Waals surface area (Å²) in [4.78, 5) is 4.06. The number of aliphatic hydroxyl groups is 1. The fourth-order valence-electron chi connectivity index (χ4n) is 2.02. The van der Waals surface area contributed by atoms with Crippen LogP contribution >= 0.6 is 0 Å². The van der Waals surface area contributed by atoms with Crippen LogP contribution in [0.2, 0.25) is 0 Å². The molecule has 20 heavy (non-hydrogen) atoms. The van der Waals surface area contributed by atoms with Crippen molar-refractivity contribution in [1.29, 1.82) is 0 Å². The Morgan fingerprint density at radius 1 is 1.15 bits per heavy atom. The lowest BCUT2D eigenvalue weighted by Crippen LogP contribution is -2.06. The minimum absolute atomic E-state index is 0.317. The zero-order valence-electron chi connectivity index (χ0n) is 11.8. The molecule has 0 aliphatic heterocycles. The molecule has 1 aromatic heterocycles. The van der Waals surface area contributed by atoms with E-state index in [4.69, 9.17) is 15.2 Å². The summed E-state index contributed by atoms with van der Waals surface area (Å²) in [6.45, 7) is 1.90. The predicted octanol–water partition coefficient (Wildman–Crippen LogP) is 2.07. The van der Waals surface area contributed by atoms with Gasteiger partial charge in [0, 0.05) is 11.8 Å². The molecular weight excluding hydrogens is 256 g/mol. The molecule has 2 rings (SSSR count). The van der Waals surface area contributed by atoms with Gasteiger partial charge in [0.15, 0.2) is 11.5 Å². The van der Waals surface area contributed by atoms with Gasteiger partial charge in [-0.2, -0.15) is 0 Å². The van der Waals surface area contributed by atoms with Crippen molar-refractivity contribution < 1.29 is 14.6 Å². The first-order chi connectivity index (χ1) is 9.56. The first kappa shape index (κ1) is 14.1. The summed E-state index contributed by atoms with van der Waals surface area (Å²) < 4.78 is 10.4. The SMILES string of the molecule is COc1ccc(C(O)c2cc(C)cnc2N)cc1OC. The Bertz CT molecular complexity index is 614.